The lowest BCUT2D eigenvalue weighted by molar-refractivity contribution is 0.102. The van der Waals surface area contributed by atoms with Crippen molar-refractivity contribution in [1.29, 1.82) is 0 Å². The topological polar surface area (TPSA) is 64.1 Å². The van der Waals surface area contributed by atoms with Gasteiger partial charge in [-0.25, -0.2) is 4.39 Å². The monoisotopic (exact) mass is 337 g/mol. The van der Waals surface area contributed by atoms with Gasteiger partial charge < -0.3 is 10.1 Å². The minimum absolute atomic E-state index is 0.00366. The molecule has 1 amide bonds. The minimum Gasteiger partial charge on any atom is -0.477 e. The zero-order valence-electron chi connectivity index (χ0n) is 13.6. The number of halogens is 1. The van der Waals surface area contributed by atoms with Crippen LogP contribution in [0, 0.1) is 5.82 Å². The number of nitrogens with zero attached hydrogens (tertiary/aromatic N) is 2. The van der Waals surface area contributed by atoms with E-state index in [4.69, 9.17) is 4.74 Å². The van der Waals surface area contributed by atoms with Crippen molar-refractivity contribution >= 4 is 11.6 Å². The lowest BCUT2D eigenvalue weighted by atomic mass is 10.1. The van der Waals surface area contributed by atoms with Crippen LogP contribution in [-0.4, -0.2) is 22.7 Å². The first-order chi connectivity index (χ1) is 12.2. The molecule has 0 aliphatic rings. The fourth-order valence-electron chi connectivity index (χ4n) is 2.27. The van der Waals surface area contributed by atoms with Crippen LogP contribution in [0.2, 0.25) is 0 Å². The Bertz CT molecular complexity index is 865. The Hall–Kier alpha value is -3.28. The highest BCUT2D eigenvalue weighted by atomic mass is 19.1. The molecule has 1 heterocycles. The van der Waals surface area contributed by atoms with Gasteiger partial charge in [-0.3, -0.25) is 4.79 Å². The maximum Gasteiger partial charge on any atom is 0.258 e. The van der Waals surface area contributed by atoms with E-state index in [0.29, 0.717) is 23.9 Å². The van der Waals surface area contributed by atoms with Crippen LogP contribution in [0.5, 0.6) is 5.88 Å². The number of ether oxygens (including phenoxy) is 1. The SMILES string of the molecule is CCOc1ccc(-c2ccc(NC(=O)c3ccccc3F)cc2)nn1. The van der Waals surface area contributed by atoms with Crippen molar-refractivity contribution in [3.63, 3.8) is 0 Å². The van der Waals surface area contributed by atoms with E-state index in [0.717, 1.165) is 5.56 Å². The molecule has 0 unspecified atom stereocenters. The van der Waals surface area contributed by atoms with Gasteiger partial charge in [0, 0.05) is 17.3 Å². The molecule has 0 aliphatic carbocycles. The molecule has 0 atom stereocenters. The van der Waals surface area contributed by atoms with Crippen LogP contribution in [-0.2, 0) is 0 Å². The van der Waals surface area contributed by atoms with Crippen molar-refractivity contribution < 1.29 is 13.9 Å². The Morgan fingerprint density at radius 3 is 2.44 bits per heavy atom. The van der Waals surface area contributed by atoms with Crippen molar-refractivity contribution in [1.82, 2.24) is 10.2 Å². The van der Waals surface area contributed by atoms with Crippen molar-refractivity contribution in [2.45, 2.75) is 6.92 Å². The van der Waals surface area contributed by atoms with Gasteiger partial charge in [-0.05, 0) is 37.3 Å². The number of rotatable bonds is 5. The molecule has 0 saturated heterocycles. The second kappa shape index (κ2) is 7.53. The summed E-state index contributed by atoms with van der Waals surface area (Å²) in [6, 6.07) is 16.5. The first kappa shape index (κ1) is 16.6. The molecule has 0 radical (unpaired) electrons. The van der Waals surface area contributed by atoms with Gasteiger partial charge in [0.15, 0.2) is 0 Å². The molecule has 3 aromatic rings. The largest absolute Gasteiger partial charge is 0.477 e. The van der Waals surface area contributed by atoms with Crippen molar-refractivity contribution in [2.24, 2.45) is 0 Å². The predicted molar refractivity (Wildman–Crippen MR) is 93.0 cm³/mol. The molecule has 0 aliphatic heterocycles. The molecule has 0 bridgehead atoms. The van der Waals surface area contributed by atoms with E-state index in [9.17, 15) is 9.18 Å². The van der Waals surface area contributed by atoms with Crippen LogP contribution in [0.15, 0.2) is 60.7 Å². The number of carbonyl (C=O) groups excluding carboxylic acids is 1. The van der Waals surface area contributed by atoms with E-state index in [1.54, 1.807) is 42.5 Å². The van der Waals surface area contributed by atoms with Gasteiger partial charge >= 0.3 is 0 Å². The molecule has 3 rings (SSSR count). The summed E-state index contributed by atoms with van der Waals surface area (Å²) in [6.07, 6.45) is 0. The van der Waals surface area contributed by atoms with Gasteiger partial charge in [0.05, 0.1) is 17.9 Å². The molecule has 1 N–H and O–H groups in total. The summed E-state index contributed by atoms with van der Waals surface area (Å²) in [6.45, 7) is 2.41. The number of hydrogen-bond donors (Lipinski definition) is 1. The normalized spacial score (nSPS) is 10.3. The third-order valence-electron chi connectivity index (χ3n) is 3.49. The van der Waals surface area contributed by atoms with E-state index in [1.807, 2.05) is 13.0 Å². The molecular formula is C19H16FN3O2. The number of benzene rings is 2. The summed E-state index contributed by atoms with van der Waals surface area (Å²) < 4.78 is 18.9. The number of carbonyl (C=O) groups is 1. The molecule has 0 fully saturated rings. The quantitative estimate of drug-likeness (QED) is 0.766. The van der Waals surface area contributed by atoms with Crippen LogP contribution in [0.3, 0.4) is 0 Å². The zero-order valence-corrected chi connectivity index (χ0v) is 13.6. The zero-order chi connectivity index (χ0) is 17.6. The van der Waals surface area contributed by atoms with Crippen molar-refractivity contribution in [3.8, 4) is 17.1 Å². The minimum atomic E-state index is -0.554. The molecular weight excluding hydrogens is 321 g/mol. The Kier molecular flexibility index (Phi) is 4.99. The third-order valence-corrected chi connectivity index (χ3v) is 3.49. The van der Waals surface area contributed by atoms with Crippen LogP contribution in [0.25, 0.3) is 11.3 Å². The summed E-state index contributed by atoms with van der Waals surface area (Å²) in [7, 11) is 0. The average molecular weight is 337 g/mol. The van der Waals surface area contributed by atoms with Crippen molar-refractivity contribution in [3.05, 3.63) is 72.0 Å². The van der Waals surface area contributed by atoms with E-state index in [1.165, 1.54) is 12.1 Å². The second-order valence-corrected chi connectivity index (χ2v) is 5.20. The first-order valence-corrected chi connectivity index (χ1v) is 7.80. The van der Waals surface area contributed by atoms with Gasteiger partial charge in [0.25, 0.3) is 5.91 Å². The number of amides is 1. The van der Waals surface area contributed by atoms with E-state index < -0.39 is 11.7 Å². The smallest absolute Gasteiger partial charge is 0.258 e. The highest BCUT2D eigenvalue weighted by Gasteiger charge is 2.11. The molecule has 5 nitrogen and oxygen atoms in total. The molecule has 0 saturated carbocycles. The fraction of sp³-hybridized carbons (Fsp3) is 0.105. The molecule has 6 heteroatoms. The highest BCUT2D eigenvalue weighted by Crippen LogP contribution is 2.21. The van der Waals surface area contributed by atoms with Gasteiger partial charge in [-0.15, -0.1) is 10.2 Å². The summed E-state index contributed by atoms with van der Waals surface area (Å²) in [4.78, 5) is 12.1. The lowest BCUT2D eigenvalue weighted by Crippen LogP contribution is -2.13. The molecule has 126 valence electrons. The Balaban J connectivity index is 1.72. The predicted octanol–water partition coefficient (Wildman–Crippen LogP) is 3.93. The van der Waals surface area contributed by atoms with Gasteiger partial charge in [0.2, 0.25) is 5.88 Å². The first-order valence-electron chi connectivity index (χ1n) is 7.80. The standard InChI is InChI=1S/C19H16FN3O2/c1-2-25-18-12-11-17(22-23-18)13-7-9-14(10-8-13)21-19(24)15-5-3-4-6-16(15)20/h3-12H,2H2,1H3,(H,21,24). The number of anilines is 1. The molecule has 2 aromatic carbocycles. The van der Waals surface area contributed by atoms with Gasteiger partial charge in [-0.1, -0.05) is 24.3 Å². The number of hydrogen-bond acceptors (Lipinski definition) is 4. The van der Waals surface area contributed by atoms with Crippen LogP contribution >= 0.6 is 0 Å². The summed E-state index contributed by atoms with van der Waals surface area (Å²) in [5.74, 6) is -0.576. The molecule has 1 aromatic heterocycles. The molecule has 25 heavy (non-hydrogen) atoms. The summed E-state index contributed by atoms with van der Waals surface area (Å²) in [5, 5.41) is 10.8. The fourth-order valence-corrected chi connectivity index (χ4v) is 2.27. The van der Waals surface area contributed by atoms with E-state index >= 15 is 0 Å². The second-order valence-electron chi connectivity index (χ2n) is 5.20. The van der Waals surface area contributed by atoms with E-state index in [-0.39, 0.29) is 5.56 Å². The number of aromatic nitrogens is 2. The van der Waals surface area contributed by atoms with Gasteiger partial charge in [-0.2, -0.15) is 0 Å². The summed E-state index contributed by atoms with van der Waals surface area (Å²) >= 11 is 0. The maximum absolute atomic E-state index is 13.6. The maximum atomic E-state index is 13.6. The van der Waals surface area contributed by atoms with Crippen molar-refractivity contribution in [2.75, 3.05) is 11.9 Å². The van der Waals surface area contributed by atoms with Crippen LogP contribution < -0.4 is 10.1 Å². The third kappa shape index (κ3) is 3.98. The Morgan fingerprint density at radius 2 is 1.80 bits per heavy atom. The average Bonchev–Trinajstić information content (AvgIpc) is 2.64. The lowest BCUT2D eigenvalue weighted by Gasteiger charge is -2.07. The van der Waals surface area contributed by atoms with E-state index in [2.05, 4.69) is 15.5 Å². The van der Waals surface area contributed by atoms with Gasteiger partial charge in [0.1, 0.15) is 5.82 Å². The van der Waals surface area contributed by atoms with Crippen LogP contribution in [0.4, 0.5) is 10.1 Å². The number of nitrogens with one attached hydrogen (secondary N) is 1. The Morgan fingerprint density at radius 1 is 1.04 bits per heavy atom. The highest BCUT2D eigenvalue weighted by molar-refractivity contribution is 6.04. The summed E-state index contributed by atoms with van der Waals surface area (Å²) in [5.41, 5.74) is 2.11. The molecule has 0 spiro atoms. The Labute approximate surface area is 144 Å². The van der Waals surface area contributed by atoms with Crippen LogP contribution in [0.1, 0.15) is 17.3 Å².